The lowest BCUT2D eigenvalue weighted by Crippen LogP contribution is -2.49. The van der Waals surface area contributed by atoms with Crippen LogP contribution < -0.4 is 0 Å². The zero-order valence-electron chi connectivity index (χ0n) is 14.3. The molecule has 1 heterocycles. The van der Waals surface area contributed by atoms with Gasteiger partial charge in [-0.05, 0) is 37.6 Å². The molecular weight excluding hydrogens is 385 g/mol. The quantitative estimate of drug-likeness (QED) is 0.753. The van der Waals surface area contributed by atoms with E-state index in [0.717, 1.165) is 10.0 Å². The molecule has 1 saturated heterocycles. The van der Waals surface area contributed by atoms with Crippen molar-refractivity contribution < 1.29 is 13.9 Å². The van der Waals surface area contributed by atoms with Crippen LogP contribution in [-0.2, 0) is 14.9 Å². The van der Waals surface area contributed by atoms with Gasteiger partial charge in [0.05, 0.1) is 18.6 Å². The summed E-state index contributed by atoms with van der Waals surface area (Å²) in [6.07, 6.45) is -0.165. The number of benzene rings is 2. The molecule has 2 aromatic carbocycles. The molecular formula is C20H21BrFNO2. The molecule has 0 aromatic heterocycles. The summed E-state index contributed by atoms with van der Waals surface area (Å²) in [5, 5.41) is 0. The van der Waals surface area contributed by atoms with Crippen LogP contribution >= 0.6 is 15.9 Å². The fourth-order valence-electron chi connectivity index (χ4n) is 3.19. The van der Waals surface area contributed by atoms with E-state index in [1.807, 2.05) is 24.3 Å². The van der Waals surface area contributed by atoms with E-state index < -0.39 is 5.41 Å². The van der Waals surface area contributed by atoms with Crippen molar-refractivity contribution in [1.82, 2.24) is 4.90 Å². The van der Waals surface area contributed by atoms with Crippen LogP contribution in [-0.4, -0.2) is 30.5 Å². The van der Waals surface area contributed by atoms with Gasteiger partial charge in [-0.2, -0.15) is 0 Å². The number of nitrogens with zero attached hydrogens (tertiary/aromatic N) is 1. The highest BCUT2D eigenvalue weighted by Gasteiger charge is 2.38. The molecule has 1 aliphatic heterocycles. The normalized spacial score (nSPS) is 18.2. The molecule has 0 radical (unpaired) electrons. The van der Waals surface area contributed by atoms with Crippen molar-refractivity contribution in [1.29, 1.82) is 0 Å². The number of hydrogen-bond acceptors (Lipinski definition) is 2. The highest BCUT2D eigenvalue weighted by atomic mass is 79.9. The van der Waals surface area contributed by atoms with Gasteiger partial charge in [0.1, 0.15) is 11.9 Å². The Labute approximate surface area is 155 Å². The molecule has 3 nitrogen and oxygen atoms in total. The summed E-state index contributed by atoms with van der Waals surface area (Å²) in [6, 6.07) is 14.4. The van der Waals surface area contributed by atoms with Crippen molar-refractivity contribution in [3.63, 3.8) is 0 Å². The standard InChI is InChI=1S/C20H21BrFNO2/c1-20(2,16-5-3-4-6-17(16)22)19(24)23-11-12-25-18(13-23)14-7-9-15(21)10-8-14/h3-10,18H,11-13H2,1-2H3. The molecule has 1 fully saturated rings. The van der Waals surface area contributed by atoms with Crippen LogP contribution in [0.1, 0.15) is 31.1 Å². The fraction of sp³-hybridized carbons (Fsp3) is 0.350. The highest BCUT2D eigenvalue weighted by Crippen LogP contribution is 2.31. The molecule has 132 valence electrons. The van der Waals surface area contributed by atoms with Crippen LogP contribution in [0.4, 0.5) is 4.39 Å². The first-order valence-electron chi connectivity index (χ1n) is 8.31. The molecule has 1 atom stereocenters. The number of amides is 1. The smallest absolute Gasteiger partial charge is 0.232 e. The average molecular weight is 406 g/mol. The number of halogens is 2. The molecule has 1 amide bonds. The van der Waals surface area contributed by atoms with Gasteiger partial charge in [-0.15, -0.1) is 0 Å². The molecule has 0 aliphatic carbocycles. The minimum absolute atomic E-state index is 0.0805. The molecule has 0 N–H and O–H groups in total. The molecule has 0 bridgehead atoms. The average Bonchev–Trinajstić information content (AvgIpc) is 2.62. The number of carbonyl (C=O) groups is 1. The second-order valence-corrected chi connectivity index (χ2v) is 7.68. The van der Waals surface area contributed by atoms with Gasteiger partial charge in [0.15, 0.2) is 0 Å². The Hall–Kier alpha value is -1.72. The molecule has 3 rings (SSSR count). The molecule has 25 heavy (non-hydrogen) atoms. The Balaban J connectivity index is 1.80. The van der Waals surface area contributed by atoms with Crippen molar-refractivity contribution in [2.75, 3.05) is 19.7 Å². The maximum atomic E-state index is 14.2. The molecule has 1 aliphatic rings. The van der Waals surface area contributed by atoms with Crippen LogP contribution in [0.5, 0.6) is 0 Å². The number of morpholine rings is 1. The molecule has 0 saturated carbocycles. The molecule has 1 unspecified atom stereocenters. The minimum Gasteiger partial charge on any atom is -0.370 e. The van der Waals surface area contributed by atoms with Crippen molar-refractivity contribution in [3.8, 4) is 0 Å². The van der Waals surface area contributed by atoms with Crippen molar-refractivity contribution in [2.45, 2.75) is 25.4 Å². The second-order valence-electron chi connectivity index (χ2n) is 6.77. The van der Waals surface area contributed by atoms with Gasteiger partial charge in [0.25, 0.3) is 0 Å². The highest BCUT2D eigenvalue weighted by molar-refractivity contribution is 9.10. The van der Waals surface area contributed by atoms with Crippen LogP contribution in [0, 0.1) is 5.82 Å². The lowest BCUT2D eigenvalue weighted by Gasteiger charge is -2.38. The van der Waals surface area contributed by atoms with Crippen LogP contribution in [0.15, 0.2) is 53.0 Å². The fourth-order valence-corrected chi connectivity index (χ4v) is 3.46. The van der Waals surface area contributed by atoms with Crippen molar-refractivity contribution in [3.05, 3.63) is 69.9 Å². The third kappa shape index (κ3) is 3.77. The molecule has 5 heteroatoms. The van der Waals surface area contributed by atoms with Gasteiger partial charge in [-0.3, -0.25) is 4.79 Å². The predicted molar refractivity (Wildman–Crippen MR) is 98.8 cm³/mol. The number of rotatable bonds is 3. The summed E-state index contributed by atoms with van der Waals surface area (Å²) in [7, 11) is 0. The summed E-state index contributed by atoms with van der Waals surface area (Å²) in [5.74, 6) is -0.429. The lowest BCUT2D eigenvalue weighted by atomic mass is 9.82. The lowest BCUT2D eigenvalue weighted by molar-refractivity contribution is -0.144. The summed E-state index contributed by atoms with van der Waals surface area (Å²) in [4.78, 5) is 14.9. The zero-order valence-corrected chi connectivity index (χ0v) is 15.9. The monoisotopic (exact) mass is 405 g/mol. The number of hydrogen-bond donors (Lipinski definition) is 0. The zero-order chi connectivity index (χ0) is 18.0. The first-order chi connectivity index (χ1) is 11.9. The Morgan fingerprint density at radius 2 is 1.88 bits per heavy atom. The molecule has 0 spiro atoms. The van der Waals surface area contributed by atoms with E-state index in [4.69, 9.17) is 4.74 Å². The van der Waals surface area contributed by atoms with Gasteiger partial charge < -0.3 is 9.64 Å². The van der Waals surface area contributed by atoms with Crippen molar-refractivity contribution in [2.24, 2.45) is 0 Å². The summed E-state index contributed by atoms with van der Waals surface area (Å²) < 4.78 is 21.0. The van der Waals surface area contributed by atoms with E-state index in [-0.39, 0.29) is 17.8 Å². The third-order valence-corrected chi connectivity index (χ3v) is 5.21. The SMILES string of the molecule is CC(C)(C(=O)N1CCOC(c2ccc(Br)cc2)C1)c1ccccc1F. The van der Waals surface area contributed by atoms with Gasteiger partial charge in [0, 0.05) is 16.6 Å². The van der Waals surface area contributed by atoms with E-state index in [0.29, 0.717) is 25.3 Å². The Morgan fingerprint density at radius 1 is 1.20 bits per heavy atom. The van der Waals surface area contributed by atoms with Crippen LogP contribution in [0.3, 0.4) is 0 Å². The first-order valence-corrected chi connectivity index (χ1v) is 9.10. The minimum atomic E-state index is -0.924. The summed E-state index contributed by atoms with van der Waals surface area (Å²) >= 11 is 3.42. The maximum Gasteiger partial charge on any atom is 0.232 e. The second kappa shape index (κ2) is 7.26. The van der Waals surface area contributed by atoms with E-state index in [1.165, 1.54) is 6.07 Å². The first kappa shape index (κ1) is 18.1. The van der Waals surface area contributed by atoms with E-state index in [2.05, 4.69) is 15.9 Å². The predicted octanol–water partition coefficient (Wildman–Crippen LogP) is 4.47. The Morgan fingerprint density at radius 3 is 2.56 bits per heavy atom. The van der Waals surface area contributed by atoms with Gasteiger partial charge in [0.2, 0.25) is 5.91 Å². The Bertz CT molecular complexity index is 761. The van der Waals surface area contributed by atoms with E-state index >= 15 is 0 Å². The van der Waals surface area contributed by atoms with Gasteiger partial charge in [-0.1, -0.05) is 46.3 Å². The van der Waals surface area contributed by atoms with Crippen molar-refractivity contribution >= 4 is 21.8 Å². The van der Waals surface area contributed by atoms with Crippen LogP contribution in [0.25, 0.3) is 0 Å². The maximum absolute atomic E-state index is 14.2. The number of ether oxygens (including phenoxy) is 1. The van der Waals surface area contributed by atoms with E-state index in [1.54, 1.807) is 36.9 Å². The topological polar surface area (TPSA) is 29.5 Å². The Kier molecular flexibility index (Phi) is 5.25. The number of carbonyl (C=O) groups excluding carboxylic acids is 1. The third-order valence-electron chi connectivity index (χ3n) is 4.68. The van der Waals surface area contributed by atoms with Gasteiger partial charge >= 0.3 is 0 Å². The van der Waals surface area contributed by atoms with Crippen LogP contribution in [0.2, 0.25) is 0 Å². The largest absolute Gasteiger partial charge is 0.370 e. The van der Waals surface area contributed by atoms with E-state index in [9.17, 15) is 9.18 Å². The molecule has 2 aromatic rings. The summed E-state index contributed by atoms with van der Waals surface area (Å²) in [5.41, 5.74) is 0.531. The summed E-state index contributed by atoms with van der Waals surface area (Å²) in [6.45, 7) is 5.01. The van der Waals surface area contributed by atoms with Gasteiger partial charge in [-0.25, -0.2) is 4.39 Å².